The average Bonchev–Trinajstić information content (AvgIpc) is 2.17. The standard InChI is InChI=1S/C10H9BrN2O/c1-14-6-8-2-3-9-10(13-8)4-7(11)5-12-9/h2-5H,6H2,1H3. The van der Waals surface area contributed by atoms with Gasteiger partial charge in [-0.3, -0.25) is 4.98 Å². The van der Waals surface area contributed by atoms with E-state index in [2.05, 4.69) is 25.9 Å². The van der Waals surface area contributed by atoms with Crippen molar-refractivity contribution in [3.05, 3.63) is 34.6 Å². The minimum Gasteiger partial charge on any atom is -0.378 e. The molecule has 14 heavy (non-hydrogen) atoms. The van der Waals surface area contributed by atoms with E-state index in [9.17, 15) is 0 Å². The Kier molecular flexibility index (Phi) is 2.74. The predicted molar refractivity (Wildman–Crippen MR) is 58.0 cm³/mol. The molecule has 0 unspecified atom stereocenters. The molecule has 0 aliphatic carbocycles. The van der Waals surface area contributed by atoms with Crippen LogP contribution in [0, 0.1) is 0 Å². The second-order valence-electron chi connectivity index (χ2n) is 2.93. The number of hydrogen-bond acceptors (Lipinski definition) is 3. The molecule has 0 saturated heterocycles. The molecule has 0 fully saturated rings. The first-order chi connectivity index (χ1) is 6.79. The van der Waals surface area contributed by atoms with E-state index >= 15 is 0 Å². The van der Waals surface area contributed by atoms with Crippen molar-refractivity contribution >= 4 is 27.0 Å². The molecule has 0 spiro atoms. The Morgan fingerprint density at radius 2 is 2.21 bits per heavy atom. The maximum atomic E-state index is 5.01. The van der Waals surface area contributed by atoms with Crippen molar-refractivity contribution in [1.82, 2.24) is 9.97 Å². The highest BCUT2D eigenvalue weighted by molar-refractivity contribution is 9.10. The lowest BCUT2D eigenvalue weighted by molar-refractivity contribution is 0.182. The van der Waals surface area contributed by atoms with Crippen LogP contribution in [0.25, 0.3) is 11.0 Å². The van der Waals surface area contributed by atoms with E-state index in [1.165, 1.54) is 0 Å². The number of ether oxygens (including phenoxy) is 1. The van der Waals surface area contributed by atoms with Crippen LogP contribution in [0.2, 0.25) is 0 Å². The van der Waals surface area contributed by atoms with Crippen molar-refractivity contribution in [2.45, 2.75) is 6.61 Å². The SMILES string of the molecule is COCc1ccc2ncc(Br)cc2n1. The zero-order chi connectivity index (χ0) is 9.97. The summed E-state index contributed by atoms with van der Waals surface area (Å²) < 4.78 is 5.95. The van der Waals surface area contributed by atoms with Gasteiger partial charge in [-0.15, -0.1) is 0 Å². The van der Waals surface area contributed by atoms with Gasteiger partial charge in [0.2, 0.25) is 0 Å². The van der Waals surface area contributed by atoms with Gasteiger partial charge >= 0.3 is 0 Å². The van der Waals surface area contributed by atoms with E-state index in [-0.39, 0.29) is 0 Å². The van der Waals surface area contributed by atoms with Crippen molar-refractivity contribution in [2.75, 3.05) is 7.11 Å². The molecule has 2 aromatic rings. The number of fused-ring (bicyclic) bond motifs is 1. The van der Waals surface area contributed by atoms with Gasteiger partial charge in [0.1, 0.15) is 0 Å². The second kappa shape index (κ2) is 4.02. The molecule has 0 N–H and O–H groups in total. The molecule has 0 aromatic carbocycles. The predicted octanol–water partition coefficient (Wildman–Crippen LogP) is 2.54. The third kappa shape index (κ3) is 1.91. The van der Waals surface area contributed by atoms with E-state index < -0.39 is 0 Å². The van der Waals surface area contributed by atoms with Gasteiger partial charge in [-0.05, 0) is 34.1 Å². The maximum absolute atomic E-state index is 5.01. The highest BCUT2D eigenvalue weighted by Gasteiger charge is 1.99. The molecule has 0 aliphatic rings. The fourth-order valence-electron chi connectivity index (χ4n) is 1.25. The minimum atomic E-state index is 0.530. The average molecular weight is 253 g/mol. The molecule has 4 heteroatoms. The van der Waals surface area contributed by atoms with Gasteiger partial charge in [-0.2, -0.15) is 0 Å². The van der Waals surface area contributed by atoms with E-state index in [0.29, 0.717) is 6.61 Å². The Morgan fingerprint density at radius 1 is 1.36 bits per heavy atom. The molecule has 2 rings (SSSR count). The van der Waals surface area contributed by atoms with Gasteiger partial charge in [0, 0.05) is 17.8 Å². The van der Waals surface area contributed by atoms with Crippen LogP contribution in [0.4, 0.5) is 0 Å². The largest absolute Gasteiger partial charge is 0.378 e. The van der Waals surface area contributed by atoms with Gasteiger partial charge in [0.15, 0.2) is 0 Å². The maximum Gasteiger partial charge on any atom is 0.0902 e. The summed E-state index contributed by atoms with van der Waals surface area (Å²) in [6.45, 7) is 0.530. The first-order valence-electron chi connectivity index (χ1n) is 4.20. The molecule has 72 valence electrons. The number of hydrogen-bond donors (Lipinski definition) is 0. The third-order valence-electron chi connectivity index (χ3n) is 1.85. The van der Waals surface area contributed by atoms with Crippen molar-refractivity contribution < 1.29 is 4.74 Å². The lowest BCUT2D eigenvalue weighted by atomic mass is 10.3. The van der Waals surface area contributed by atoms with Gasteiger partial charge in [-0.1, -0.05) is 0 Å². The lowest BCUT2D eigenvalue weighted by Crippen LogP contribution is -1.93. The summed E-state index contributed by atoms with van der Waals surface area (Å²) in [5, 5.41) is 0. The Bertz CT molecular complexity index is 459. The topological polar surface area (TPSA) is 35.0 Å². The zero-order valence-electron chi connectivity index (χ0n) is 7.70. The quantitative estimate of drug-likeness (QED) is 0.824. The van der Waals surface area contributed by atoms with Crippen LogP contribution < -0.4 is 0 Å². The van der Waals surface area contributed by atoms with Crippen LogP contribution in [-0.4, -0.2) is 17.1 Å². The zero-order valence-corrected chi connectivity index (χ0v) is 9.28. The van der Waals surface area contributed by atoms with Crippen molar-refractivity contribution in [3.63, 3.8) is 0 Å². The Morgan fingerprint density at radius 3 is 3.00 bits per heavy atom. The van der Waals surface area contributed by atoms with Crippen LogP contribution in [-0.2, 0) is 11.3 Å². The number of aromatic nitrogens is 2. The van der Waals surface area contributed by atoms with Crippen LogP contribution >= 0.6 is 15.9 Å². The normalized spacial score (nSPS) is 10.7. The van der Waals surface area contributed by atoms with Gasteiger partial charge < -0.3 is 4.74 Å². The van der Waals surface area contributed by atoms with Crippen molar-refractivity contribution in [3.8, 4) is 0 Å². The van der Waals surface area contributed by atoms with E-state index in [1.54, 1.807) is 13.3 Å². The van der Waals surface area contributed by atoms with E-state index in [1.807, 2.05) is 18.2 Å². The molecule has 2 aromatic heterocycles. The summed E-state index contributed by atoms with van der Waals surface area (Å²) in [4.78, 5) is 8.64. The monoisotopic (exact) mass is 252 g/mol. The number of methoxy groups -OCH3 is 1. The summed E-state index contributed by atoms with van der Waals surface area (Å²) in [7, 11) is 1.66. The molecular weight excluding hydrogens is 244 g/mol. The summed E-state index contributed by atoms with van der Waals surface area (Å²) in [5.74, 6) is 0. The van der Waals surface area contributed by atoms with Crippen LogP contribution in [0.3, 0.4) is 0 Å². The molecular formula is C10H9BrN2O. The highest BCUT2D eigenvalue weighted by Crippen LogP contribution is 2.15. The van der Waals surface area contributed by atoms with Crippen molar-refractivity contribution in [1.29, 1.82) is 0 Å². The van der Waals surface area contributed by atoms with Crippen LogP contribution in [0.5, 0.6) is 0 Å². The summed E-state index contributed by atoms with van der Waals surface area (Å²) in [6, 6.07) is 5.82. The summed E-state index contributed by atoms with van der Waals surface area (Å²) in [5.41, 5.74) is 2.70. The Labute approximate surface area is 90.3 Å². The second-order valence-corrected chi connectivity index (χ2v) is 3.84. The number of rotatable bonds is 2. The fraction of sp³-hybridized carbons (Fsp3) is 0.200. The molecule has 3 nitrogen and oxygen atoms in total. The fourth-order valence-corrected chi connectivity index (χ4v) is 1.57. The number of nitrogens with zero attached hydrogens (tertiary/aromatic N) is 2. The lowest BCUT2D eigenvalue weighted by Gasteiger charge is -2.01. The van der Waals surface area contributed by atoms with Crippen molar-refractivity contribution in [2.24, 2.45) is 0 Å². The van der Waals surface area contributed by atoms with Gasteiger partial charge in [0.05, 0.1) is 23.3 Å². The third-order valence-corrected chi connectivity index (χ3v) is 2.29. The highest BCUT2D eigenvalue weighted by atomic mass is 79.9. The molecule has 0 atom stereocenters. The van der Waals surface area contributed by atoms with Crippen LogP contribution in [0.1, 0.15) is 5.69 Å². The first kappa shape index (κ1) is 9.55. The van der Waals surface area contributed by atoms with Gasteiger partial charge in [-0.25, -0.2) is 4.98 Å². The number of halogens is 1. The Balaban J connectivity index is 2.52. The molecule has 0 bridgehead atoms. The van der Waals surface area contributed by atoms with Crippen LogP contribution in [0.15, 0.2) is 28.9 Å². The van der Waals surface area contributed by atoms with Gasteiger partial charge in [0.25, 0.3) is 0 Å². The first-order valence-corrected chi connectivity index (χ1v) is 4.99. The van der Waals surface area contributed by atoms with E-state index in [0.717, 1.165) is 21.2 Å². The molecule has 0 amide bonds. The van der Waals surface area contributed by atoms with E-state index in [4.69, 9.17) is 4.74 Å². The smallest absolute Gasteiger partial charge is 0.0902 e. The molecule has 0 radical (unpaired) electrons. The molecule has 0 aliphatic heterocycles. The summed E-state index contributed by atoms with van der Waals surface area (Å²) in [6.07, 6.45) is 1.76. The molecule has 0 saturated carbocycles. The Hall–Kier alpha value is -1.00. The number of pyridine rings is 2. The molecule has 2 heterocycles. The minimum absolute atomic E-state index is 0.530. The summed E-state index contributed by atoms with van der Waals surface area (Å²) >= 11 is 3.36.